The predicted molar refractivity (Wildman–Crippen MR) is 6.34 cm³/mol. The molecule has 0 rings (SSSR count). The van der Waals surface area contributed by atoms with Gasteiger partial charge < -0.3 is 0 Å². The molecule has 0 aromatic heterocycles. The van der Waals surface area contributed by atoms with Gasteiger partial charge in [0.15, 0.2) is 0 Å². The molecular formula is H2O3Ti+4. The standard InChI is InChI=1S/H2O3.Ti/c1-3-2;/h1-2H;/q;+4. The van der Waals surface area contributed by atoms with Gasteiger partial charge in [0.1, 0.15) is 0 Å². The van der Waals surface area contributed by atoms with Crippen LogP contribution in [0.25, 0.3) is 0 Å². The summed E-state index contributed by atoms with van der Waals surface area (Å²) in [5.74, 6) is 0. The van der Waals surface area contributed by atoms with E-state index in [1.807, 2.05) is 0 Å². The van der Waals surface area contributed by atoms with Gasteiger partial charge in [0.2, 0.25) is 0 Å². The van der Waals surface area contributed by atoms with Crippen LogP contribution in [-0.4, -0.2) is 10.5 Å². The second-order valence-corrected chi connectivity index (χ2v) is 0.0816. The van der Waals surface area contributed by atoms with Crippen LogP contribution in [0.15, 0.2) is 0 Å². The zero-order valence-electron chi connectivity index (χ0n) is 1.80. The van der Waals surface area contributed by atoms with Crippen LogP contribution in [0.3, 0.4) is 0 Å². The minimum Gasteiger partial charge on any atom is -0.221 e. The van der Waals surface area contributed by atoms with E-state index in [-0.39, 0.29) is 21.7 Å². The van der Waals surface area contributed by atoms with Crippen LogP contribution >= 0.6 is 0 Å². The van der Waals surface area contributed by atoms with Gasteiger partial charge >= 0.3 is 21.7 Å². The van der Waals surface area contributed by atoms with E-state index >= 15 is 0 Å². The van der Waals surface area contributed by atoms with Crippen molar-refractivity contribution < 1.29 is 37.3 Å². The molecule has 2 N–H and O–H groups in total. The molecule has 3 nitrogen and oxygen atoms in total. The first-order chi connectivity index (χ1) is 1.41. The number of hydrogen-bond donors (Lipinski definition) is 2. The molecule has 0 unspecified atom stereocenters. The Morgan fingerprint density at radius 2 is 1.25 bits per heavy atom. The molecule has 0 saturated heterocycles. The number of rotatable bonds is 0. The monoisotopic (exact) mass is 97.9 g/mol. The van der Waals surface area contributed by atoms with Crippen LogP contribution in [0.1, 0.15) is 0 Å². The van der Waals surface area contributed by atoms with Crippen molar-refractivity contribution in [2.45, 2.75) is 0 Å². The Kier molecular flexibility index (Phi) is 21.0. The zero-order valence-corrected chi connectivity index (χ0v) is 3.36. The second-order valence-electron chi connectivity index (χ2n) is 0.0816. The topological polar surface area (TPSA) is 49.7 Å². The van der Waals surface area contributed by atoms with Gasteiger partial charge in [0.05, 0.1) is 0 Å². The quantitative estimate of drug-likeness (QED) is 0.253. The van der Waals surface area contributed by atoms with Gasteiger partial charge in [-0.25, -0.2) is 10.5 Å². The third kappa shape index (κ3) is 18.7. The summed E-state index contributed by atoms with van der Waals surface area (Å²) in [6.07, 6.45) is 0. The van der Waals surface area contributed by atoms with Crippen molar-refractivity contribution in [1.29, 1.82) is 0 Å². The van der Waals surface area contributed by atoms with Gasteiger partial charge in [-0.05, 0) is 0 Å². The summed E-state index contributed by atoms with van der Waals surface area (Å²) in [6, 6.07) is 0. The maximum Gasteiger partial charge on any atom is 4.00 e. The molecule has 0 atom stereocenters. The van der Waals surface area contributed by atoms with Crippen molar-refractivity contribution >= 4 is 0 Å². The normalized spacial score (nSPS) is 4.50. The molecule has 0 amide bonds. The van der Waals surface area contributed by atoms with E-state index in [4.69, 9.17) is 10.5 Å². The second kappa shape index (κ2) is 9.52. The van der Waals surface area contributed by atoms with Crippen LogP contribution in [0.4, 0.5) is 0 Å². The van der Waals surface area contributed by atoms with Crippen LogP contribution in [0.5, 0.6) is 0 Å². The van der Waals surface area contributed by atoms with Gasteiger partial charge in [-0.15, -0.1) is 0 Å². The maximum atomic E-state index is 6.62. The first kappa shape index (κ1) is 8.82. The van der Waals surface area contributed by atoms with Crippen LogP contribution in [0.2, 0.25) is 0 Å². The van der Waals surface area contributed by atoms with E-state index in [0.29, 0.717) is 0 Å². The van der Waals surface area contributed by atoms with Crippen molar-refractivity contribution in [1.82, 2.24) is 0 Å². The molecule has 0 radical (unpaired) electrons. The molecule has 0 saturated carbocycles. The Balaban J connectivity index is 0. The molecule has 0 aliphatic carbocycles. The first-order valence-corrected chi connectivity index (χ1v) is 0.365. The summed E-state index contributed by atoms with van der Waals surface area (Å²) in [6.45, 7) is 0. The summed E-state index contributed by atoms with van der Waals surface area (Å²) in [5, 5.41) is 15.5. The van der Waals surface area contributed by atoms with Gasteiger partial charge in [-0.1, -0.05) is 5.04 Å². The summed E-state index contributed by atoms with van der Waals surface area (Å²) in [4.78, 5) is 0. The fourth-order valence-electron chi connectivity index (χ4n) is 0. The molecular weight excluding hydrogens is 95.9 g/mol. The van der Waals surface area contributed by atoms with Gasteiger partial charge in [0.25, 0.3) is 0 Å². The summed E-state index contributed by atoms with van der Waals surface area (Å²) in [5.41, 5.74) is 0. The van der Waals surface area contributed by atoms with Crippen molar-refractivity contribution in [2.24, 2.45) is 0 Å². The average molecular weight is 97.9 g/mol. The predicted octanol–water partition coefficient (Wildman–Crippen LogP) is -0.0535. The van der Waals surface area contributed by atoms with E-state index in [2.05, 4.69) is 5.04 Å². The Labute approximate surface area is 37.9 Å². The molecule has 0 fully saturated rings. The largest absolute Gasteiger partial charge is 4.00 e. The van der Waals surface area contributed by atoms with Crippen molar-refractivity contribution in [3.05, 3.63) is 0 Å². The molecule has 4 heavy (non-hydrogen) atoms. The molecule has 20 valence electrons. The molecule has 0 aromatic rings. The van der Waals surface area contributed by atoms with Gasteiger partial charge in [-0.2, -0.15) is 0 Å². The van der Waals surface area contributed by atoms with E-state index in [0.717, 1.165) is 0 Å². The Hall–Kier alpha value is 0.594. The van der Waals surface area contributed by atoms with Gasteiger partial charge in [0, 0.05) is 0 Å². The van der Waals surface area contributed by atoms with E-state index in [1.165, 1.54) is 0 Å². The average Bonchev–Trinajstić information content (AvgIpc) is 0.918. The molecule has 4 heteroatoms. The molecule has 0 aromatic carbocycles. The SMILES string of the molecule is OOO.[Ti+4]. The minimum absolute atomic E-state index is 0. The van der Waals surface area contributed by atoms with Crippen LogP contribution in [0, 0.1) is 0 Å². The van der Waals surface area contributed by atoms with Crippen LogP contribution < -0.4 is 0 Å². The summed E-state index contributed by atoms with van der Waals surface area (Å²) >= 11 is 0. The Morgan fingerprint density at radius 1 is 1.25 bits per heavy atom. The van der Waals surface area contributed by atoms with E-state index in [1.54, 1.807) is 0 Å². The Morgan fingerprint density at radius 3 is 1.25 bits per heavy atom. The van der Waals surface area contributed by atoms with Crippen LogP contribution in [-0.2, 0) is 26.8 Å². The Bertz CT molecular complexity index is 3.25. The van der Waals surface area contributed by atoms with E-state index in [9.17, 15) is 0 Å². The summed E-state index contributed by atoms with van der Waals surface area (Å²) in [7, 11) is 0. The third-order valence-electron chi connectivity index (χ3n) is 0. The molecule has 0 aliphatic rings. The summed E-state index contributed by atoms with van der Waals surface area (Å²) < 4.78 is 0. The van der Waals surface area contributed by atoms with Crippen molar-refractivity contribution in [3.8, 4) is 0 Å². The fourth-order valence-corrected chi connectivity index (χ4v) is 0. The fraction of sp³-hybridized carbons (Fsp3) is 0. The van der Waals surface area contributed by atoms with Gasteiger partial charge in [-0.3, -0.25) is 0 Å². The molecule has 0 bridgehead atoms. The maximum absolute atomic E-state index is 6.62. The molecule has 0 aliphatic heterocycles. The third-order valence-corrected chi connectivity index (χ3v) is 0. The molecule has 0 spiro atoms. The smallest absolute Gasteiger partial charge is 0.221 e. The zero-order chi connectivity index (χ0) is 2.71. The van der Waals surface area contributed by atoms with Crippen molar-refractivity contribution in [3.63, 3.8) is 0 Å². The first-order valence-electron chi connectivity index (χ1n) is 0.365. The van der Waals surface area contributed by atoms with Crippen molar-refractivity contribution in [2.75, 3.05) is 0 Å². The minimum atomic E-state index is 0. The number of hydrogen-bond acceptors (Lipinski definition) is 3. The molecule has 0 heterocycles. The van der Waals surface area contributed by atoms with E-state index < -0.39 is 0 Å².